The number of carboxylic acid groups (broad SMARTS) is 1. The molecule has 0 saturated carbocycles. The summed E-state index contributed by atoms with van der Waals surface area (Å²) >= 11 is 0. The zero-order chi connectivity index (χ0) is 14.1. The lowest BCUT2D eigenvalue weighted by atomic mass is 9.82. The fourth-order valence-corrected chi connectivity index (χ4v) is 2.32. The second-order valence-electron chi connectivity index (χ2n) is 4.30. The SMILES string of the molecule is O=C(O)[C@]1(O)C=C(CCP(=O)(O)O)[C@@H](O)[C@H](O)C1. The Labute approximate surface area is 102 Å². The quantitative estimate of drug-likeness (QED) is 0.266. The molecule has 1 aliphatic rings. The molecule has 0 aliphatic heterocycles. The van der Waals surface area contributed by atoms with Crippen LogP contribution in [0.1, 0.15) is 12.8 Å². The zero-order valence-corrected chi connectivity index (χ0v) is 10.2. The van der Waals surface area contributed by atoms with Gasteiger partial charge in [-0.3, -0.25) is 4.57 Å². The van der Waals surface area contributed by atoms with Crippen LogP contribution < -0.4 is 0 Å². The molecular formula is C9H15O8P. The van der Waals surface area contributed by atoms with Gasteiger partial charge in [-0.2, -0.15) is 0 Å². The summed E-state index contributed by atoms with van der Waals surface area (Å²) < 4.78 is 10.7. The van der Waals surface area contributed by atoms with Crippen LogP contribution in [0, 0.1) is 0 Å². The Balaban J connectivity index is 2.95. The molecule has 0 amide bonds. The van der Waals surface area contributed by atoms with Gasteiger partial charge in [-0.1, -0.05) is 0 Å². The lowest BCUT2D eigenvalue weighted by Gasteiger charge is -2.33. The van der Waals surface area contributed by atoms with Gasteiger partial charge in [-0.15, -0.1) is 0 Å². The molecule has 0 heterocycles. The minimum Gasteiger partial charge on any atom is -0.479 e. The molecule has 0 aromatic carbocycles. The van der Waals surface area contributed by atoms with E-state index in [4.69, 9.17) is 14.9 Å². The predicted molar refractivity (Wildman–Crippen MR) is 58.8 cm³/mol. The van der Waals surface area contributed by atoms with Gasteiger partial charge in [0, 0.05) is 6.42 Å². The number of carboxylic acids is 1. The van der Waals surface area contributed by atoms with E-state index in [1.165, 1.54) is 0 Å². The van der Waals surface area contributed by atoms with Gasteiger partial charge in [-0.05, 0) is 18.1 Å². The lowest BCUT2D eigenvalue weighted by Crippen LogP contribution is -2.48. The maximum absolute atomic E-state index is 10.8. The van der Waals surface area contributed by atoms with Gasteiger partial charge in [0.25, 0.3) is 0 Å². The number of carbonyl (C=O) groups is 1. The molecule has 0 aromatic heterocycles. The fraction of sp³-hybridized carbons (Fsp3) is 0.667. The van der Waals surface area contributed by atoms with Crippen LogP contribution in [0.15, 0.2) is 11.6 Å². The van der Waals surface area contributed by atoms with E-state index >= 15 is 0 Å². The van der Waals surface area contributed by atoms with Crippen molar-refractivity contribution in [1.29, 1.82) is 0 Å². The minimum atomic E-state index is -4.31. The van der Waals surface area contributed by atoms with Crippen molar-refractivity contribution in [3.8, 4) is 0 Å². The summed E-state index contributed by atoms with van der Waals surface area (Å²) in [5.74, 6) is -1.60. The van der Waals surface area contributed by atoms with Crippen LogP contribution in [0.4, 0.5) is 0 Å². The summed E-state index contributed by atoms with van der Waals surface area (Å²) in [6.07, 6.45) is -3.58. The Kier molecular flexibility index (Phi) is 4.32. The first-order valence-electron chi connectivity index (χ1n) is 5.13. The standard InChI is InChI=1S/C9H15O8P/c10-6-4-9(14,8(12)13)3-5(7(6)11)1-2-18(15,16)17/h3,6-7,10-11,14H,1-2,4H2,(H,12,13)(H2,15,16,17)/t6-,7-,9+/m1/s1. The van der Waals surface area contributed by atoms with Gasteiger partial charge >= 0.3 is 13.6 Å². The Morgan fingerprint density at radius 2 is 2.00 bits per heavy atom. The third-order valence-corrected chi connectivity index (χ3v) is 3.56. The Bertz CT molecular complexity index is 413. The van der Waals surface area contributed by atoms with Gasteiger partial charge in [0.15, 0.2) is 5.60 Å². The Morgan fingerprint density at radius 3 is 2.44 bits per heavy atom. The minimum absolute atomic E-state index is 0.0954. The lowest BCUT2D eigenvalue weighted by molar-refractivity contribution is -0.158. The molecule has 8 nitrogen and oxygen atoms in total. The largest absolute Gasteiger partial charge is 0.479 e. The third-order valence-electron chi connectivity index (χ3n) is 2.75. The first kappa shape index (κ1) is 15.3. The number of rotatable bonds is 4. The van der Waals surface area contributed by atoms with Crippen LogP contribution in [0.3, 0.4) is 0 Å². The molecular weight excluding hydrogens is 267 g/mol. The van der Waals surface area contributed by atoms with Crippen molar-refractivity contribution in [3.63, 3.8) is 0 Å². The maximum Gasteiger partial charge on any atom is 0.339 e. The first-order chi connectivity index (χ1) is 8.05. The zero-order valence-electron chi connectivity index (χ0n) is 9.30. The fourth-order valence-electron chi connectivity index (χ4n) is 1.77. The molecule has 0 radical (unpaired) electrons. The van der Waals surface area contributed by atoms with Crippen molar-refractivity contribution >= 4 is 13.6 Å². The molecule has 9 heteroatoms. The molecule has 0 aromatic rings. The highest BCUT2D eigenvalue weighted by atomic mass is 31.2. The van der Waals surface area contributed by atoms with E-state index in [9.17, 15) is 24.7 Å². The first-order valence-corrected chi connectivity index (χ1v) is 6.93. The number of hydrogen-bond acceptors (Lipinski definition) is 5. The summed E-state index contributed by atoms with van der Waals surface area (Å²) in [6, 6.07) is 0. The maximum atomic E-state index is 10.8. The van der Waals surface area contributed by atoms with Crippen LogP contribution in [0.5, 0.6) is 0 Å². The van der Waals surface area contributed by atoms with Crippen molar-refractivity contribution in [2.45, 2.75) is 30.7 Å². The highest BCUT2D eigenvalue weighted by molar-refractivity contribution is 7.51. The van der Waals surface area contributed by atoms with E-state index in [0.717, 1.165) is 6.08 Å². The van der Waals surface area contributed by atoms with Crippen LogP contribution >= 0.6 is 7.60 Å². The van der Waals surface area contributed by atoms with Crippen LogP contribution in [0.25, 0.3) is 0 Å². The molecule has 104 valence electrons. The van der Waals surface area contributed by atoms with Crippen LogP contribution in [-0.2, 0) is 9.36 Å². The molecule has 18 heavy (non-hydrogen) atoms. The predicted octanol–water partition coefficient (Wildman–Crippen LogP) is -1.58. The monoisotopic (exact) mass is 282 g/mol. The number of aliphatic hydroxyl groups excluding tert-OH is 2. The van der Waals surface area contributed by atoms with E-state index in [-0.39, 0.29) is 12.0 Å². The van der Waals surface area contributed by atoms with Crippen molar-refractivity contribution in [3.05, 3.63) is 11.6 Å². The second kappa shape index (κ2) is 5.08. The van der Waals surface area contributed by atoms with Gasteiger partial charge < -0.3 is 30.2 Å². The van der Waals surface area contributed by atoms with Crippen molar-refractivity contribution in [2.24, 2.45) is 0 Å². The van der Waals surface area contributed by atoms with Gasteiger partial charge in [0.2, 0.25) is 0 Å². The molecule has 1 rings (SSSR count). The Morgan fingerprint density at radius 1 is 1.44 bits per heavy atom. The molecule has 0 bridgehead atoms. The molecule has 0 unspecified atom stereocenters. The normalized spacial score (nSPS) is 33.1. The topological polar surface area (TPSA) is 156 Å². The average Bonchev–Trinajstić information content (AvgIpc) is 2.20. The molecule has 0 saturated heterocycles. The summed E-state index contributed by atoms with van der Waals surface area (Å²) in [6.45, 7) is 0. The molecule has 1 aliphatic carbocycles. The number of aliphatic carboxylic acids is 1. The van der Waals surface area contributed by atoms with Crippen LogP contribution in [0.2, 0.25) is 0 Å². The van der Waals surface area contributed by atoms with Crippen molar-refractivity contribution < 1.29 is 39.6 Å². The highest BCUT2D eigenvalue weighted by Gasteiger charge is 2.43. The molecule has 3 atom stereocenters. The van der Waals surface area contributed by atoms with E-state index in [1.54, 1.807) is 0 Å². The Hall–Kier alpha value is -0.760. The number of hydrogen-bond donors (Lipinski definition) is 6. The smallest absolute Gasteiger partial charge is 0.339 e. The van der Waals surface area contributed by atoms with Gasteiger partial charge in [0.05, 0.1) is 12.3 Å². The molecule has 0 fully saturated rings. The van der Waals surface area contributed by atoms with Crippen molar-refractivity contribution in [1.82, 2.24) is 0 Å². The van der Waals surface area contributed by atoms with E-state index in [0.29, 0.717) is 0 Å². The number of aliphatic hydroxyl groups is 3. The van der Waals surface area contributed by atoms with Gasteiger partial charge in [0.1, 0.15) is 6.10 Å². The second-order valence-corrected chi connectivity index (χ2v) is 6.08. The van der Waals surface area contributed by atoms with E-state index < -0.39 is 44.0 Å². The summed E-state index contributed by atoms with van der Waals surface area (Å²) in [5.41, 5.74) is -2.43. The average molecular weight is 282 g/mol. The van der Waals surface area contributed by atoms with Crippen molar-refractivity contribution in [2.75, 3.05) is 6.16 Å². The van der Waals surface area contributed by atoms with Gasteiger partial charge in [-0.25, -0.2) is 4.79 Å². The van der Waals surface area contributed by atoms with E-state index in [2.05, 4.69) is 0 Å². The summed E-state index contributed by atoms with van der Waals surface area (Å²) in [4.78, 5) is 28.2. The molecule has 6 N–H and O–H groups in total. The molecule has 0 spiro atoms. The highest BCUT2D eigenvalue weighted by Crippen LogP contribution is 2.38. The summed E-state index contributed by atoms with van der Waals surface area (Å²) in [7, 11) is -4.31. The summed E-state index contributed by atoms with van der Waals surface area (Å²) in [5, 5.41) is 37.5. The third kappa shape index (κ3) is 3.61. The van der Waals surface area contributed by atoms with Crippen LogP contribution in [-0.4, -0.2) is 60.2 Å². The van der Waals surface area contributed by atoms with E-state index in [1.807, 2.05) is 0 Å².